The SMILES string of the molecule is COC(=O)c1sc(C2CCN(C(=O)OC(C)(C)C)C2)nc1OS(=O)(=O)C(F)(F)F. The van der Waals surface area contributed by atoms with Gasteiger partial charge < -0.3 is 18.6 Å². The lowest BCUT2D eigenvalue weighted by molar-refractivity contribution is -0.0501. The Morgan fingerprint density at radius 2 is 1.86 bits per heavy atom. The number of carbonyl (C=O) groups excluding carboxylic acids is 2. The third kappa shape index (κ3) is 5.50. The van der Waals surface area contributed by atoms with E-state index in [0.29, 0.717) is 24.3 Å². The van der Waals surface area contributed by atoms with E-state index in [1.54, 1.807) is 20.8 Å². The second-order valence-corrected chi connectivity index (χ2v) is 9.64. The summed E-state index contributed by atoms with van der Waals surface area (Å²) in [6.45, 7) is 5.53. The van der Waals surface area contributed by atoms with Gasteiger partial charge in [-0.3, -0.25) is 0 Å². The highest BCUT2D eigenvalue weighted by molar-refractivity contribution is 7.88. The van der Waals surface area contributed by atoms with Crippen molar-refractivity contribution in [3.63, 3.8) is 0 Å². The van der Waals surface area contributed by atoms with Gasteiger partial charge in [0.15, 0.2) is 4.88 Å². The molecule has 9 nitrogen and oxygen atoms in total. The summed E-state index contributed by atoms with van der Waals surface area (Å²) < 4.78 is 74.1. The molecular weight excluding hydrogens is 441 g/mol. The molecule has 14 heteroatoms. The molecule has 1 unspecified atom stereocenters. The first-order valence-electron chi connectivity index (χ1n) is 8.22. The quantitative estimate of drug-likeness (QED) is 0.383. The number of aromatic nitrogens is 1. The summed E-state index contributed by atoms with van der Waals surface area (Å²) in [5.41, 5.74) is -6.40. The smallest absolute Gasteiger partial charge is 0.465 e. The van der Waals surface area contributed by atoms with E-state index in [0.717, 1.165) is 7.11 Å². The van der Waals surface area contributed by atoms with E-state index in [2.05, 4.69) is 13.9 Å². The van der Waals surface area contributed by atoms with Crippen LogP contribution in [0.15, 0.2) is 0 Å². The molecule has 1 amide bonds. The van der Waals surface area contributed by atoms with Crippen LogP contribution in [0, 0.1) is 0 Å². The van der Waals surface area contributed by atoms with Gasteiger partial charge in [0.05, 0.1) is 7.11 Å². The summed E-state index contributed by atoms with van der Waals surface area (Å²) in [5, 5.41) is 0.142. The van der Waals surface area contributed by atoms with Crippen molar-refractivity contribution in [1.82, 2.24) is 9.88 Å². The number of nitrogens with zero attached hydrogens (tertiary/aromatic N) is 2. The second kappa shape index (κ2) is 7.97. The van der Waals surface area contributed by atoms with E-state index in [1.165, 1.54) is 4.90 Å². The number of likely N-dealkylation sites (tertiary alicyclic amines) is 1. The molecule has 0 aliphatic carbocycles. The lowest BCUT2D eigenvalue weighted by Crippen LogP contribution is -2.35. The molecule has 1 aromatic rings. The van der Waals surface area contributed by atoms with E-state index in [1.807, 2.05) is 0 Å². The van der Waals surface area contributed by atoms with Crippen LogP contribution in [0.25, 0.3) is 0 Å². The van der Waals surface area contributed by atoms with Crippen molar-refractivity contribution in [1.29, 1.82) is 0 Å². The van der Waals surface area contributed by atoms with E-state index < -0.39 is 50.0 Å². The fraction of sp³-hybridized carbons (Fsp3) is 0.667. The van der Waals surface area contributed by atoms with Gasteiger partial charge in [-0.1, -0.05) is 0 Å². The first-order chi connectivity index (χ1) is 13.1. The number of methoxy groups -OCH3 is 1. The molecule has 164 valence electrons. The molecule has 2 heterocycles. The van der Waals surface area contributed by atoms with Gasteiger partial charge in [0.2, 0.25) is 0 Å². The highest BCUT2D eigenvalue weighted by Crippen LogP contribution is 2.37. The Labute approximate surface area is 168 Å². The highest BCUT2D eigenvalue weighted by Gasteiger charge is 2.49. The maximum Gasteiger partial charge on any atom is 0.534 e. The number of hydrogen-bond acceptors (Lipinski definition) is 9. The zero-order valence-electron chi connectivity index (χ0n) is 15.9. The number of halogens is 3. The van der Waals surface area contributed by atoms with Crippen molar-refractivity contribution < 1.29 is 44.8 Å². The molecule has 1 atom stereocenters. The Kier molecular flexibility index (Phi) is 6.37. The zero-order valence-corrected chi connectivity index (χ0v) is 17.5. The summed E-state index contributed by atoms with van der Waals surface area (Å²) in [6, 6.07) is 0. The predicted molar refractivity (Wildman–Crippen MR) is 94.2 cm³/mol. The van der Waals surface area contributed by atoms with Crippen LogP contribution in [0.2, 0.25) is 0 Å². The molecule has 0 aromatic carbocycles. The molecule has 1 aliphatic heterocycles. The number of thiazole rings is 1. The fourth-order valence-electron chi connectivity index (χ4n) is 2.38. The lowest BCUT2D eigenvalue weighted by Gasteiger charge is -2.24. The predicted octanol–water partition coefficient (Wildman–Crippen LogP) is 2.88. The second-order valence-electron chi connectivity index (χ2n) is 7.07. The highest BCUT2D eigenvalue weighted by atomic mass is 32.2. The van der Waals surface area contributed by atoms with E-state index in [4.69, 9.17) is 4.74 Å². The lowest BCUT2D eigenvalue weighted by atomic mass is 10.1. The number of amides is 1. The molecule has 1 aromatic heterocycles. The number of rotatable bonds is 4. The number of hydrogen-bond donors (Lipinski definition) is 0. The van der Waals surface area contributed by atoms with Crippen LogP contribution >= 0.6 is 11.3 Å². The van der Waals surface area contributed by atoms with Crippen molar-refractivity contribution in [2.24, 2.45) is 0 Å². The van der Waals surface area contributed by atoms with E-state index in [9.17, 15) is 31.2 Å². The maximum atomic E-state index is 12.6. The molecule has 0 spiro atoms. The van der Waals surface area contributed by atoms with Gasteiger partial charge in [0, 0.05) is 19.0 Å². The third-order valence-electron chi connectivity index (χ3n) is 3.64. The number of alkyl halides is 3. The third-order valence-corrected chi connectivity index (χ3v) is 5.77. The summed E-state index contributed by atoms with van der Waals surface area (Å²) in [4.78, 5) is 28.6. The Hall–Kier alpha value is -2.09. The average molecular weight is 460 g/mol. The van der Waals surface area contributed by atoms with Gasteiger partial charge in [0.25, 0.3) is 5.88 Å². The molecule has 0 bridgehead atoms. The van der Waals surface area contributed by atoms with E-state index >= 15 is 0 Å². The molecule has 1 fully saturated rings. The largest absolute Gasteiger partial charge is 0.534 e. The van der Waals surface area contributed by atoms with Crippen molar-refractivity contribution in [3.05, 3.63) is 9.88 Å². The standard InChI is InChI=1S/C15H19F3N2O7S2/c1-14(2,3)26-13(22)20-6-5-8(7-20)11-19-10(9(28-11)12(21)25-4)27-29(23,24)15(16,17)18/h8H,5-7H2,1-4H3. The first-order valence-corrected chi connectivity index (χ1v) is 10.4. The molecule has 1 aliphatic rings. The molecular formula is C15H19F3N2O7S2. The van der Waals surface area contributed by atoms with Crippen molar-refractivity contribution in [2.45, 2.75) is 44.2 Å². The Morgan fingerprint density at radius 1 is 1.24 bits per heavy atom. The van der Waals surface area contributed by atoms with Gasteiger partial charge in [-0.05, 0) is 27.2 Å². The van der Waals surface area contributed by atoms with Gasteiger partial charge >= 0.3 is 27.7 Å². The van der Waals surface area contributed by atoms with Crippen LogP contribution in [0.1, 0.15) is 47.8 Å². The molecule has 0 N–H and O–H groups in total. The Bertz CT molecular complexity index is 891. The topological polar surface area (TPSA) is 112 Å². The monoisotopic (exact) mass is 460 g/mol. The van der Waals surface area contributed by atoms with Crippen LogP contribution in [-0.2, 0) is 19.6 Å². The Morgan fingerprint density at radius 3 is 2.38 bits per heavy atom. The number of esters is 1. The van der Waals surface area contributed by atoms with Crippen LogP contribution in [0.4, 0.5) is 18.0 Å². The van der Waals surface area contributed by atoms with Gasteiger partial charge in [-0.25, -0.2) is 14.6 Å². The van der Waals surface area contributed by atoms with Crippen LogP contribution in [0.3, 0.4) is 0 Å². The average Bonchev–Trinajstić information content (AvgIpc) is 3.18. The summed E-state index contributed by atoms with van der Waals surface area (Å²) in [6.07, 6.45) is -0.181. The van der Waals surface area contributed by atoms with E-state index in [-0.39, 0.29) is 11.6 Å². The van der Waals surface area contributed by atoms with Crippen molar-refractivity contribution >= 4 is 33.5 Å². The van der Waals surface area contributed by atoms with Crippen molar-refractivity contribution in [2.75, 3.05) is 20.2 Å². The normalized spacial score (nSPS) is 17.9. The summed E-state index contributed by atoms with van der Waals surface area (Å²) >= 11 is 0.646. The van der Waals surface area contributed by atoms with Crippen LogP contribution in [-0.4, -0.2) is 61.7 Å². The van der Waals surface area contributed by atoms with Gasteiger partial charge in [0.1, 0.15) is 10.6 Å². The molecule has 2 rings (SSSR count). The maximum absolute atomic E-state index is 12.6. The molecule has 0 saturated carbocycles. The minimum Gasteiger partial charge on any atom is -0.465 e. The zero-order chi connectivity index (χ0) is 22.2. The molecule has 0 radical (unpaired) electrons. The fourth-order valence-corrected chi connectivity index (χ4v) is 3.89. The molecule has 1 saturated heterocycles. The van der Waals surface area contributed by atoms with Gasteiger partial charge in [-0.15, -0.1) is 11.3 Å². The van der Waals surface area contributed by atoms with Gasteiger partial charge in [-0.2, -0.15) is 21.6 Å². The first kappa shape index (κ1) is 23.2. The minimum absolute atomic E-state index is 0.133. The number of carbonyl (C=O) groups is 2. The van der Waals surface area contributed by atoms with Crippen molar-refractivity contribution in [3.8, 4) is 5.88 Å². The Balaban J connectivity index is 2.26. The van der Waals surface area contributed by atoms with Crippen LogP contribution in [0.5, 0.6) is 5.88 Å². The summed E-state index contributed by atoms with van der Waals surface area (Å²) in [7, 11) is -5.04. The minimum atomic E-state index is -6.02. The summed E-state index contributed by atoms with van der Waals surface area (Å²) in [5.74, 6) is -2.55. The number of ether oxygens (including phenoxy) is 2. The van der Waals surface area contributed by atoms with Crippen LogP contribution < -0.4 is 4.18 Å². The molecule has 29 heavy (non-hydrogen) atoms.